The lowest BCUT2D eigenvalue weighted by Gasteiger charge is -2.28. The predicted octanol–water partition coefficient (Wildman–Crippen LogP) is 2.48. The van der Waals surface area contributed by atoms with E-state index in [-0.39, 0.29) is 0 Å². The van der Waals surface area contributed by atoms with E-state index in [9.17, 15) is 15.0 Å². The fourth-order valence-electron chi connectivity index (χ4n) is 2.94. The number of likely N-dealkylation sites (tertiary alicyclic amines) is 1. The fraction of sp³-hybridized carbons (Fsp3) is 0.529. The SMILES string of the molecule is O=C(C(O)C(O)c1nc2ccccc2s1)N1CCCCCCC1. The van der Waals surface area contributed by atoms with Gasteiger partial charge in [0.15, 0.2) is 6.10 Å². The molecule has 0 spiro atoms. The molecule has 0 saturated carbocycles. The van der Waals surface area contributed by atoms with Gasteiger partial charge in [-0.05, 0) is 25.0 Å². The first-order valence-corrected chi connectivity index (χ1v) is 8.99. The number of rotatable bonds is 3. The van der Waals surface area contributed by atoms with Gasteiger partial charge >= 0.3 is 0 Å². The van der Waals surface area contributed by atoms with Gasteiger partial charge in [0.25, 0.3) is 5.91 Å². The second-order valence-electron chi connectivity index (χ2n) is 6.00. The van der Waals surface area contributed by atoms with Gasteiger partial charge in [0, 0.05) is 13.1 Å². The zero-order valence-corrected chi connectivity index (χ0v) is 13.8. The molecule has 1 aliphatic heterocycles. The number of amides is 1. The van der Waals surface area contributed by atoms with Gasteiger partial charge in [-0.2, -0.15) is 0 Å². The van der Waals surface area contributed by atoms with Crippen LogP contribution in [0, 0.1) is 0 Å². The number of benzene rings is 1. The van der Waals surface area contributed by atoms with E-state index < -0.39 is 18.1 Å². The van der Waals surface area contributed by atoms with Crippen LogP contribution in [0.2, 0.25) is 0 Å². The Morgan fingerprint density at radius 2 is 1.74 bits per heavy atom. The Morgan fingerprint density at radius 1 is 1.09 bits per heavy atom. The number of aliphatic hydroxyl groups excluding tert-OH is 2. The minimum atomic E-state index is -1.45. The number of thiazole rings is 1. The highest BCUT2D eigenvalue weighted by molar-refractivity contribution is 7.18. The van der Waals surface area contributed by atoms with E-state index in [1.807, 2.05) is 24.3 Å². The van der Waals surface area contributed by atoms with Crippen LogP contribution in [0.5, 0.6) is 0 Å². The smallest absolute Gasteiger partial charge is 0.254 e. The molecule has 1 aromatic carbocycles. The summed E-state index contributed by atoms with van der Waals surface area (Å²) >= 11 is 1.31. The largest absolute Gasteiger partial charge is 0.383 e. The Bertz CT molecular complexity index is 632. The van der Waals surface area contributed by atoms with E-state index >= 15 is 0 Å². The van der Waals surface area contributed by atoms with Crippen LogP contribution in [0.3, 0.4) is 0 Å². The van der Waals surface area contributed by atoms with Crippen molar-refractivity contribution in [2.45, 2.75) is 44.3 Å². The van der Waals surface area contributed by atoms with Crippen LogP contribution >= 0.6 is 11.3 Å². The molecule has 1 fully saturated rings. The molecule has 3 rings (SSSR count). The van der Waals surface area contributed by atoms with Gasteiger partial charge in [0.2, 0.25) is 0 Å². The number of hydrogen-bond donors (Lipinski definition) is 2. The minimum Gasteiger partial charge on any atom is -0.383 e. The number of carbonyl (C=O) groups is 1. The van der Waals surface area contributed by atoms with Crippen molar-refractivity contribution in [3.8, 4) is 0 Å². The Labute approximate surface area is 139 Å². The highest BCUT2D eigenvalue weighted by Crippen LogP contribution is 2.28. The van der Waals surface area contributed by atoms with Gasteiger partial charge in [-0.1, -0.05) is 31.4 Å². The third kappa shape index (κ3) is 3.71. The van der Waals surface area contributed by atoms with Crippen LogP contribution in [-0.2, 0) is 4.79 Å². The van der Waals surface area contributed by atoms with Gasteiger partial charge < -0.3 is 15.1 Å². The van der Waals surface area contributed by atoms with Crippen LogP contribution in [-0.4, -0.2) is 45.2 Å². The molecular formula is C17H22N2O3S. The molecule has 0 radical (unpaired) electrons. The first kappa shape index (κ1) is 16.4. The number of aromatic nitrogens is 1. The summed E-state index contributed by atoms with van der Waals surface area (Å²) in [5.74, 6) is -0.390. The summed E-state index contributed by atoms with van der Waals surface area (Å²) in [6.07, 6.45) is 2.62. The fourth-order valence-corrected chi connectivity index (χ4v) is 3.93. The Morgan fingerprint density at radius 3 is 2.43 bits per heavy atom. The average Bonchev–Trinajstić information content (AvgIpc) is 2.96. The van der Waals surface area contributed by atoms with Crippen molar-refractivity contribution in [1.82, 2.24) is 9.88 Å². The third-order valence-electron chi connectivity index (χ3n) is 4.28. The lowest BCUT2D eigenvalue weighted by molar-refractivity contribution is -0.146. The summed E-state index contributed by atoms with van der Waals surface area (Å²) in [7, 11) is 0. The first-order chi connectivity index (χ1) is 11.2. The summed E-state index contributed by atoms with van der Waals surface area (Å²) in [4.78, 5) is 18.5. The quantitative estimate of drug-likeness (QED) is 0.904. The van der Waals surface area contributed by atoms with Gasteiger partial charge in [-0.15, -0.1) is 11.3 Å². The van der Waals surface area contributed by atoms with Gasteiger partial charge in [0.1, 0.15) is 11.1 Å². The normalized spacial score (nSPS) is 19.1. The second kappa shape index (κ2) is 7.38. The van der Waals surface area contributed by atoms with E-state index in [4.69, 9.17) is 0 Å². The molecule has 1 saturated heterocycles. The Kier molecular flexibility index (Phi) is 5.25. The molecule has 2 unspecified atom stereocenters. The van der Waals surface area contributed by atoms with Crippen molar-refractivity contribution in [1.29, 1.82) is 0 Å². The predicted molar refractivity (Wildman–Crippen MR) is 90.3 cm³/mol. The van der Waals surface area contributed by atoms with Gasteiger partial charge in [0.05, 0.1) is 10.2 Å². The number of nitrogens with zero attached hydrogens (tertiary/aromatic N) is 2. The summed E-state index contributed by atoms with van der Waals surface area (Å²) in [6.45, 7) is 1.31. The van der Waals surface area contributed by atoms with Crippen molar-refractivity contribution in [2.24, 2.45) is 0 Å². The van der Waals surface area contributed by atoms with Crippen molar-refractivity contribution >= 4 is 27.5 Å². The molecule has 124 valence electrons. The van der Waals surface area contributed by atoms with E-state index in [0.29, 0.717) is 18.1 Å². The summed E-state index contributed by atoms with van der Waals surface area (Å²) < 4.78 is 0.937. The maximum Gasteiger partial charge on any atom is 0.254 e. The Balaban J connectivity index is 1.72. The molecule has 6 heteroatoms. The van der Waals surface area contributed by atoms with Crippen molar-refractivity contribution in [3.05, 3.63) is 29.3 Å². The monoisotopic (exact) mass is 334 g/mol. The molecule has 0 bridgehead atoms. The molecule has 2 atom stereocenters. The van der Waals surface area contributed by atoms with Crippen LogP contribution < -0.4 is 0 Å². The molecular weight excluding hydrogens is 312 g/mol. The van der Waals surface area contributed by atoms with Crippen LogP contribution in [0.15, 0.2) is 24.3 Å². The van der Waals surface area contributed by atoms with E-state index in [0.717, 1.165) is 35.9 Å². The molecule has 2 N–H and O–H groups in total. The molecule has 0 aliphatic carbocycles. The zero-order chi connectivity index (χ0) is 16.2. The lowest BCUT2D eigenvalue weighted by Crippen LogP contribution is -2.43. The maximum atomic E-state index is 12.5. The Hall–Kier alpha value is -1.50. The van der Waals surface area contributed by atoms with Crippen molar-refractivity contribution < 1.29 is 15.0 Å². The number of hydrogen-bond acceptors (Lipinski definition) is 5. The molecule has 1 aromatic heterocycles. The molecule has 1 aliphatic rings. The van der Waals surface area contributed by atoms with Crippen molar-refractivity contribution in [2.75, 3.05) is 13.1 Å². The third-order valence-corrected chi connectivity index (χ3v) is 5.39. The number of aliphatic hydroxyl groups is 2. The average molecular weight is 334 g/mol. The van der Waals surface area contributed by atoms with Gasteiger partial charge in [-0.3, -0.25) is 4.79 Å². The molecule has 5 nitrogen and oxygen atoms in total. The zero-order valence-electron chi connectivity index (χ0n) is 13.0. The molecule has 2 heterocycles. The number of carbonyl (C=O) groups excluding carboxylic acids is 1. The van der Waals surface area contributed by atoms with Gasteiger partial charge in [-0.25, -0.2) is 4.98 Å². The highest BCUT2D eigenvalue weighted by Gasteiger charge is 2.31. The van der Waals surface area contributed by atoms with Crippen LogP contribution in [0.4, 0.5) is 0 Å². The summed E-state index contributed by atoms with van der Waals surface area (Å²) in [5, 5.41) is 21.1. The van der Waals surface area contributed by atoms with E-state index in [2.05, 4.69) is 4.98 Å². The van der Waals surface area contributed by atoms with E-state index in [1.54, 1.807) is 4.90 Å². The standard InChI is InChI=1S/C17H22N2O3S/c20-14(16-18-12-8-4-5-9-13(12)23-16)15(21)17(22)19-10-6-2-1-3-7-11-19/h4-5,8-9,14-15,20-21H,1-3,6-7,10-11H2. The summed E-state index contributed by atoms with van der Waals surface area (Å²) in [5.41, 5.74) is 0.775. The minimum absolute atomic E-state index is 0.388. The molecule has 1 amide bonds. The molecule has 23 heavy (non-hydrogen) atoms. The molecule has 2 aromatic rings. The number of fused-ring (bicyclic) bond motifs is 1. The van der Waals surface area contributed by atoms with Crippen LogP contribution in [0.25, 0.3) is 10.2 Å². The second-order valence-corrected chi connectivity index (χ2v) is 7.06. The summed E-state index contributed by atoms with van der Waals surface area (Å²) in [6, 6.07) is 7.54. The van der Waals surface area contributed by atoms with E-state index in [1.165, 1.54) is 17.8 Å². The topological polar surface area (TPSA) is 73.7 Å². The van der Waals surface area contributed by atoms with Crippen LogP contribution in [0.1, 0.15) is 43.2 Å². The maximum absolute atomic E-state index is 12.5. The first-order valence-electron chi connectivity index (χ1n) is 8.17. The van der Waals surface area contributed by atoms with Crippen molar-refractivity contribution in [3.63, 3.8) is 0 Å². The lowest BCUT2D eigenvalue weighted by atomic mass is 10.1. The highest BCUT2D eigenvalue weighted by atomic mass is 32.1. The number of para-hydroxylation sites is 1.